The molecule has 196 valence electrons. The molecule has 0 saturated heterocycles. The zero-order valence-corrected chi connectivity index (χ0v) is 23.6. The van der Waals surface area contributed by atoms with Gasteiger partial charge < -0.3 is 4.57 Å². The molecule has 1 aromatic heterocycles. The van der Waals surface area contributed by atoms with Gasteiger partial charge in [0.2, 0.25) is 0 Å². The Bertz CT molecular complexity index is 2160. The molecular weight excluding hydrogens is 519 g/mol. The molecule has 0 bridgehead atoms. The molecule has 1 unspecified atom stereocenters. The Balaban J connectivity index is 1.33. The smallest absolute Gasteiger partial charge is 0.175 e. The van der Waals surface area contributed by atoms with E-state index < -0.39 is 7.14 Å². The third-order valence-corrected chi connectivity index (χ3v) is 11.4. The van der Waals surface area contributed by atoms with Crippen molar-refractivity contribution < 1.29 is 4.57 Å². The van der Waals surface area contributed by atoms with Crippen LogP contribution in [0.1, 0.15) is 12.7 Å². The van der Waals surface area contributed by atoms with Crippen molar-refractivity contribution in [1.29, 1.82) is 0 Å². The molecule has 1 aliphatic heterocycles. The number of aromatic nitrogens is 2. The summed E-state index contributed by atoms with van der Waals surface area (Å²) in [6, 6.07) is 46.2. The number of hydrogen-bond donors (Lipinski definition) is 0. The van der Waals surface area contributed by atoms with Gasteiger partial charge in [-0.2, -0.15) is 0 Å². The standard InChI is InChI=1S/C37H27N2OP/c1-2-36-38-32-14-9-15-34-37(32)39(36)33-21-20-30(24-35(33)41(34,40)31-12-7-4-8-13-31)29-19-18-27-22-26(16-17-28(27)23-29)25-10-5-3-6-11-25/h3-24H,2H2,1H3. The normalized spacial score (nSPS) is 15.7. The van der Waals surface area contributed by atoms with Gasteiger partial charge in [-0.1, -0.05) is 104 Å². The van der Waals surface area contributed by atoms with Crippen LogP contribution in [0, 0.1) is 0 Å². The highest BCUT2D eigenvalue weighted by Crippen LogP contribution is 2.50. The van der Waals surface area contributed by atoms with Crippen LogP contribution in [-0.2, 0) is 11.0 Å². The van der Waals surface area contributed by atoms with Gasteiger partial charge in [0.1, 0.15) is 5.82 Å². The van der Waals surface area contributed by atoms with Crippen LogP contribution in [0.15, 0.2) is 133 Å². The largest absolute Gasteiger partial charge is 0.308 e. The van der Waals surface area contributed by atoms with Crippen LogP contribution in [0.2, 0.25) is 0 Å². The summed E-state index contributed by atoms with van der Waals surface area (Å²) in [5.41, 5.74) is 7.42. The molecule has 0 fully saturated rings. The van der Waals surface area contributed by atoms with Crippen molar-refractivity contribution in [1.82, 2.24) is 9.55 Å². The van der Waals surface area contributed by atoms with Gasteiger partial charge in [0.05, 0.1) is 16.7 Å². The summed E-state index contributed by atoms with van der Waals surface area (Å²) in [6.07, 6.45) is 0.792. The monoisotopic (exact) mass is 546 g/mol. The first-order chi connectivity index (χ1) is 20.1. The highest BCUT2D eigenvalue weighted by atomic mass is 31.2. The summed E-state index contributed by atoms with van der Waals surface area (Å²) in [6.45, 7) is 2.13. The van der Waals surface area contributed by atoms with Gasteiger partial charge in [-0.15, -0.1) is 0 Å². The van der Waals surface area contributed by atoms with E-state index >= 15 is 4.57 Å². The Morgan fingerprint density at radius 3 is 1.95 bits per heavy atom. The van der Waals surface area contributed by atoms with Crippen molar-refractivity contribution in [2.45, 2.75) is 13.3 Å². The molecule has 0 saturated carbocycles. The molecule has 3 nitrogen and oxygen atoms in total. The van der Waals surface area contributed by atoms with E-state index in [0.717, 1.165) is 56.0 Å². The van der Waals surface area contributed by atoms with Gasteiger partial charge in [-0.25, -0.2) is 4.98 Å². The number of benzene rings is 6. The summed E-state index contributed by atoms with van der Waals surface area (Å²) in [7, 11) is -3.16. The van der Waals surface area contributed by atoms with Crippen molar-refractivity contribution in [2.24, 2.45) is 0 Å². The molecule has 0 radical (unpaired) electrons. The lowest BCUT2D eigenvalue weighted by atomic mass is 9.97. The Morgan fingerprint density at radius 2 is 1.24 bits per heavy atom. The van der Waals surface area contributed by atoms with Gasteiger partial charge in [0.25, 0.3) is 0 Å². The highest BCUT2D eigenvalue weighted by Gasteiger charge is 2.39. The lowest BCUT2D eigenvalue weighted by Gasteiger charge is -2.29. The molecule has 41 heavy (non-hydrogen) atoms. The van der Waals surface area contributed by atoms with Crippen molar-refractivity contribution in [3.63, 3.8) is 0 Å². The number of nitrogens with zero attached hydrogens (tertiary/aromatic N) is 2. The number of para-hydroxylation sites is 1. The van der Waals surface area contributed by atoms with Gasteiger partial charge in [0, 0.05) is 22.3 Å². The molecule has 6 aromatic carbocycles. The van der Waals surface area contributed by atoms with Crippen LogP contribution in [0.3, 0.4) is 0 Å². The van der Waals surface area contributed by atoms with E-state index in [-0.39, 0.29) is 0 Å². The predicted molar refractivity (Wildman–Crippen MR) is 172 cm³/mol. The number of fused-ring (bicyclic) bond motifs is 3. The summed E-state index contributed by atoms with van der Waals surface area (Å²) in [5, 5.41) is 4.97. The maximum atomic E-state index is 15.5. The average Bonchev–Trinajstić information content (AvgIpc) is 3.43. The van der Waals surface area contributed by atoms with E-state index in [1.807, 2.05) is 54.6 Å². The van der Waals surface area contributed by atoms with Crippen LogP contribution in [0.25, 0.3) is 49.7 Å². The molecule has 0 amide bonds. The van der Waals surface area contributed by atoms with Crippen molar-refractivity contribution in [3.05, 3.63) is 139 Å². The Labute approximate surface area is 239 Å². The first-order valence-electron chi connectivity index (χ1n) is 14.1. The van der Waals surface area contributed by atoms with Gasteiger partial charge >= 0.3 is 0 Å². The Kier molecular flexibility index (Phi) is 5.39. The molecule has 8 rings (SSSR count). The van der Waals surface area contributed by atoms with E-state index in [0.29, 0.717) is 0 Å². The predicted octanol–water partition coefficient (Wildman–Crippen LogP) is 8.03. The molecule has 0 N–H and O–H groups in total. The third-order valence-electron chi connectivity index (χ3n) is 8.34. The fourth-order valence-electron chi connectivity index (χ4n) is 6.33. The van der Waals surface area contributed by atoms with E-state index in [9.17, 15) is 0 Å². The number of hydrogen-bond acceptors (Lipinski definition) is 2. The molecular formula is C37H27N2OP. The van der Waals surface area contributed by atoms with E-state index in [1.54, 1.807) is 0 Å². The third kappa shape index (κ3) is 3.59. The maximum absolute atomic E-state index is 15.5. The number of rotatable bonds is 4. The quantitative estimate of drug-likeness (QED) is 0.210. The minimum Gasteiger partial charge on any atom is -0.308 e. The van der Waals surface area contributed by atoms with Gasteiger partial charge in [0.15, 0.2) is 7.14 Å². The maximum Gasteiger partial charge on any atom is 0.175 e. The van der Waals surface area contributed by atoms with Gasteiger partial charge in [-0.3, -0.25) is 4.57 Å². The van der Waals surface area contributed by atoms with Crippen molar-refractivity contribution >= 4 is 44.9 Å². The second-order valence-electron chi connectivity index (χ2n) is 10.7. The Hall–Kier alpha value is -4.72. The zero-order chi connectivity index (χ0) is 27.6. The molecule has 0 aliphatic carbocycles. The highest BCUT2D eigenvalue weighted by molar-refractivity contribution is 7.86. The molecule has 7 aromatic rings. The SMILES string of the molecule is CCc1nc2cccc3c2n1-c1ccc(-c2ccc4cc(-c5ccccc5)ccc4c2)cc1P3(=O)c1ccccc1. The fourth-order valence-corrected chi connectivity index (χ4v) is 9.37. The molecule has 1 atom stereocenters. The second kappa shape index (κ2) is 9.16. The van der Waals surface area contributed by atoms with Crippen molar-refractivity contribution in [3.8, 4) is 27.9 Å². The minimum atomic E-state index is -3.16. The van der Waals surface area contributed by atoms with E-state index in [1.165, 1.54) is 21.9 Å². The second-order valence-corrected chi connectivity index (χ2v) is 13.4. The van der Waals surface area contributed by atoms with E-state index in [2.05, 4.69) is 90.4 Å². The summed E-state index contributed by atoms with van der Waals surface area (Å²) in [4.78, 5) is 4.95. The van der Waals surface area contributed by atoms with Crippen LogP contribution < -0.4 is 15.9 Å². The van der Waals surface area contributed by atoms with Crippen molar-refractivity contribution in [2.75, 3.05) is 0 Å². The Morgan fingerprint density at radius 1 is 0.610 bits per heavy atom. The molecule has 0 spiro atoms. The lowest BCUT2D eigenvalue weighted by Crippen LogP contribution is -2.33. The van der Waals surface area contributed by atoms with E-state index in [4.69, 9.17) is 4.98 Å². The topological polar surface area (TPSA) is 34.9 Å². The number of aryl methyl sites for hydroxylation is 1. The lowest BCUT2D eigenvalue weighted by molar-refractivity contribution is 0.592. The van der Waals surface area contributed by atoms with Crippen LogP contribution in [0.5, 0.6) is 0 Å². The molecule has 4 heteroatoms. The number of imidazole rings is 1. The van der Waals surface area contributed by atoms with Gasteiger partial charge in [-0.05, 0) is 69.4 Å². The van der Waals surface area contributed by atoms with Crippen LogP contribution in [-0.4, -0.2) is 9.55 Å². The first-order valence-corrected chi connectivity index (χ1v) is 15.8. The first kappa shape index (κ1) is 24.1. The molecule has 1 aliphatic rings. The minimum absolute atomic E-state index is 0.792. The zero-order valence-electron chi connectivity index (χ0n) is 22.7. The average molecular weight is 547 g/mol. The summed E-state index contributed by atoms with van der Waals surface area (Å²) < 4.78 is 17.7. The fraction of sp³-hybridized carbons (Fsp3) is 0.0541. The summed E-state index contributed by atoms with van der Waals surface area (Å²) in [5.74, 6) is 0.987. The molecule has 2 heterocycles. The van der Waals surface area contributed by atoms with Crippen LogP contribution >= 0.6 is 7.14 Å². The summed E-state index contributed by atoms with van der Waals surface area (Å²) >= 11 is 0. The van der Waals surface area contributed by atoms with Crippen LogP contribution in [0.4, 0.5) is 0 Å².